The Morgan fingerprint density at radius 3 is 2.77 bits per heavy atom. The summed E-state index contributed by atoms with van der Waals surface area (Å²) in [5.41, 5.74) is 3.67. The molecule has 5 nitrogen and oxygen atoms in total. The first-order chi connectivity index (χ1) is 10.6. The molecule has 0 saturated carbocycles. The maximum absolute atomic E-state index is 11.6. The van der Waals surface area contributed by atoms with E-state index in [0.717, 1.165) is 19.5 Å². The van der Waals surface area contributed by atoms with Crippen LogP contribution in [0.2, 0.25) is 0 Å². The number of rotatable bonds is 3. The van der Waals surface area contributed by atoms with Crippen LogP contribution in [0.4, 0.5) is 10.5 Å². The van der Waals surface area contributed by atoms with Gasteiger partial charge in [0.25, 0.3) is 0 Å². The molecule has 1 aliphatic rings. The van der Waals surface area contributed by atoms with Crippen LogP contribution < -0.4 is 9.64 Å². The van der Waals surface area contributed by atoms with E-state index in [1.54, 1.807) is 14.1 Å². The summed E-state index contributed by atoms with van der Waals surface area (Å²) in [5, 5.41) is 0. The van der Waals surface area contributed by atoms with E-state index in [2.05, 4.69) is 9.88 Å². The molecule has 0 N–H and O–H groups in total. The lowest BCUT2D eigenvalue weighted by atomic mass is 10.1. The molecule has 0 atom stereocenters. The van der Waals surface area contributed by atoms with Crippen molar-refractivity contribution >= 4 is 11.8 Å². The number of carbonyl (C=O) groups excluding carboxylic acids is 1. The third kappa shape index (κ3) is 3.03. The Morgan fingerprint density at radius 2 is 2.05 bits per heavy atom. The van der Waals surface area contributed by atoms with Crippen LogP contribution in [0.1, 0.15) is 11.1 Å². The molecule has 0 aliphatic carbocycles. The van der Waals surface area contributed by atoms with Gasteiger partial charge < -0.3 is 14.5 Å². The second kappa shape index (κ2) is 6.05. The Bertz CT molecular complexity index is 671. The molecule has 0 radical (unpaired) electrons. The minimum Gasteiger partial charge on any atom is -0.410 e. The van der Waals surface area contributed by atoms with Crippen LogP contribution in [-0.4, -0.2) is 36.6 Å². The van der Waals surface area contributed by atoms with Crippen molar-refractivity contribution in [2.45, 2.75) is 13.0 Å². The summed E-state index contributed by atoms with van der Waals surface area (Å²) < 4.78 is 5.31. The van der Waals surface area contributed by atoms with Gasteiger partial charge in [-0.1, -0.05) is 0 Å². The van der Waals surface area contributed by atoms with Crippen molar-refractivity contribution in [3.63, 3.8) is 0 Å². The second-order valence-electron chi connectivity index (χ2n) is 5.58. The number of carbonyl (C=O) groups is 1. The van der Waals surface area contributed by atoms with Crippen LogP contribution in [0.25, 0.3) is 0 Å². The number of hydrogen-bond donors (Lipinski definition) is 0. The molecule has 2 aromatic rings. The zero-order valence-electron chi connectivity index (χ0n) is 12.8. The van der Waals surface area contributed by atoms with Crippen LogP contribution >= 0.6 is 0 Å². The Labute approximate surface area is 130 Å². The highest BCUT2D eigenvalue weighted by Gasteiger charge is 2.20. The zero-order valence-corrected chi connectivity index (χ0v) is 12.8. The van der Waals surface area contributed by atoms with E-state index >= 15 is 0 Å². The van der Waals surface area contributed by atoms with Crippen LogP contribution in [0.15, 0.2) is 42.7 Å². The number of aromatic nitrogens is 1. The van der Waals surface area contributed by atoms with Gasteiger partial charge in [-0.15, -0.1) is 0 Å². The number of ether oxygens (including phenoxy) is 1. The summed E-state index contributed by atoms with van der Waals surface area (Å²) >= 11 is 0. The smallest absolute Gasteiger partial charge is 0.410 e. The summed E-state index contributed by atoms with van der Waals surface area (Å²) in [7, 11) is 3.35. The molecule has 1 aromatic carbocycles. The van der Waals surface area contributed by atoms with Crippen molar-refractivity contribution in [2.75, 3.05) is 25.5 Å². The predicted molar refractivity (Wildman–Crippen MR) is 85.1 cm³/mol. The molecule has 1 aromatic heterocycles. The van der Waals surface area contributed by atoms with Gasteiger partial charge in [0.15, 0.2) is 0 Å². The fraction of sp³-hybridized carbons (Fsp3) is 0.294. The van der Waals surface area contributed by atoms with E-state index < -0.39 is 0 Å². The number of pyridine rings is 1. The van der Waals surface area contributed by atoms with Crippen LogP contribution in [0, 0.1) is 0 Å². The van der Waals surface area contributed by atoms with Crippen molar-refractivity contribution in [1.82, 2.24) is 9.88 Å². The molecule has 22 heavy (non-hydrogen) atoms. The molecule has 114 valence electrons. The van der Waals surface area contributed by atoms with E-state index in [1.165, 1.54) is 21.7 Å². The van der Waals surface area contributed by atoms with Crippen molar-refractivity contribution in [1.29, 1.82) is 0 Å². The summed E-state index contributed by atoms with van der Waals surface area (Å²) in [6.45, 7) is 1.84. The van der Waals surface area contributed by atoms with Gasteiger partial charge in [-0.05, 0) is 47.9 Å². The molecule has 5 heteroatoms. The van der Waals surface area contributed by atoms with Gasteiger partial charge in [-0.25, -0.2) is 4.79 Å². The van der Waals surface area contributed by atoms with Gasteiger partial charge in [0.1, 0.15) is 5.75 Å². The molecular formula is C17H19N3O2. The number of fused-ring (bicyclic) bond motifs is 1. The minimum absolute atomic E-state index is 0.355. The summed E-state index contributed by atoms with van der Waals surface area (Å²) in [4.78, 5) is 19.4. The molecular weight excluding hydrogens is 278 g/mol. The number of anilines is 1. The Balaban J connectivity index is 1.74. The zero-order chi connectivity index (χ0) is 15.5. The van der Waals surface area contributed by atoms with Gasteiger partial charge in [-0.3, -0.25) is 4.98 Å². The Hall–Kier alpha value is -2.56. The highest BCUT2D eigenvalue weighted by molar-refractivity contribution is 5.71. The van der Waals surface area contributed by atoms with Crippen LogP contribution in [0.5, 0.6) is 5.75 Å². The monoisotopic (exact) mass is 297 g/mol. The molecule has 1 amide bonds. The maximum Gasteiger partial charge on any atom is 0.414 e. The molecule has 0 saturated heterocycles. The van der Waals surface area contributed by atoms with E-state index in [-0.39, 0.29) is 6.09 Å². The van der Waals surface area contributed by atoms with E-state index in [1.807, 2.05) is 42.7 Å². The van der Waals surface area contributed by atoms with Crippen molar-refractivity contribution in [3.05, 3.63) is 53.9 Å². The molecule has 0 spiro atoms. The largest absolute Gasteiger partial charge is 0.414 e. The second-order valence-corrected chi connectivity index (χ2v) is 5.58. The van der Waals surface area contributed by atoms with Gasteiger partial charge >= 0.3 is 6.09 Å². The lowest BCUT2D eigenvalue weighted by molar-refractivity contribution is 0.172. The van der Waals surface area contributed by atoms with Gasteiger partial charge in [-0.2, -0.15) is 0 Å². The molecule has 0 fully saturated rings. The summed E-state index contributed by atoms with van der Waals surface area (Å²) in [6.07, 6.45) is 4.24. The van der Waals surface area contributed by atoms with Crippen molar-refractivity contribution < 1.29 is 9.53 Å². The average Bonchev–Trinajstić information content (AvgIpc) is 2.90. The molecule has 0 bridgehead atoms. The molecule has 1 aliphatic heterocycles. The third-order valence-corrected chi connectivity index (χ3v) is 3.74. The lowest BCUT2D eigenvalue weighted by Crippen LogP contribution is -2.25. The molecule has 0 unspecified atom stereocenters. The predicted octanol–water partition coefficient (Wildman–Crippen LogP) is 2.70. The SMILES string of the molecule is CN(C)C(=O)Oc1ccc2c(c1)CCN2Cc1ccncc1. The average molecular weight is 297 g/mol. The van der Waals surface area contributed by atoms with Crippen LogP contribution in [-0.2, 0) is 13.0 Å². The number of amides is 1. The van der Waals surface area contributed by atoms with Gasteiger partial charge in [0.05, 0.1) is 0 Å². The number of nitrogens with zero attached hydrogens (tertiary/aromatic N) is 3. The summed E-state index contributed by atoms with van der Waals surface area (Å²) in [5.74, 6) is 0.600. The fourth-order valence-electron chi connectivity index (χ4n) is 2.57. The number of benzene rings is 1. The standard InChI is InChI=1S/C17H19N3O2/c1-19(2)17(21)22-15-3-4-16-14(11-15)7-10-20(16)12-13-5-8-18-9-6-13/h3-6,8-9,11H,7,10,12H2,1-2H3. The highest BCUT2D eigenvalue weighted by atomic mass is 16.6. The Kier molecular flexibility index (Phi) is 3.96. The lowest BCUT2D eigenvalue weighted by Gasteiger charge is -2.19. The first-order valence-electron chi connectivity index (χ1n) is 7.29. The minimum atomic E-state index is -0.355. The van der Waals surface area contributed by atoms with E-state index in [0.29, 0.717) is 5.75 Å². The first-order valence-corrected chi connectivity index (χ1v) is 7.29. The molecule has 3 rings (SSSR count). The van der Waals surface area contributed by atoms with Crippen LogP contribution in [0.3, 0.4) is 0 Å². The quantitative estimate of drug-likeness (QED) is 0.874. The van der Waals surface area contributed by atoms with Gasteiger partial charge in [0.2, 0.25) is 0 Å². The van der Waals surface area contributed by atoms with E-state index in [9.17, 15) is 4.79 Å². The Morgan fingerprint density at radius 1 is 1.27 bits per heavy atom. The maximum atomic E-state index is 11.6. The summed E-state index contributed by atoms with van der Waals surface area (Å²) in [6, 6.07) is 9.91. The highest BCUT2D eigenvalue weighted by Crippen LogP contribution is 2.32. The number of hydrogen-bond acceptors (Lipinski definition) is 4. The fourth-order valence-corrected chi connectivity index (χ4v) is 2.57. The van der Waals surface area contributed by atoms with Crippen molar-refractivity contribution in [3.8, 4) is 5.75 Å². The van der Waals surface area contributed by atoms with E-state index in [4.69, 9.17) is 4.74 Å². The first kappa shape index (κ1) is 14.4. The third-order valence-electron chi connectivity index (χ3n) is 3.74. The normalized spacial score (nSPS) is 12.9. The molecule has 2 heterocycles. The van der Waals surface area contributed by atoms with Crippen molar-refractivity contribution in [2.24, 2.45) is 0 Å². The van der Waals surface area contributed by atoms with Gasteiger partial charge in [0, 0.05) is 45.3 Å². The topological polar surface area (TPSA) is 45.7 Å².